The van der Waals surface area contributed by atoms with E-state index in [1.54, 1.807) is 12.3 Å². The highest BCUT2D eigenvalue weighted by molar-refractivity contribution is 5.72. The number of fused-ring (bicyclic) bond motifs is 1. The van der Waals surface area contributed by atoms with Crippen LogP contribution in [0.1, 0.15) is 17.5 Å². The number of pyridine rings is 1. The van der Waals surface area contributed by atoms with Crippen LogP contribution >= 0.6 is 0 Å². The van der Waals surface area contributed by atoms with Crippen LogP contribution in [0.5, 0.6) is 0 Å². The fraction of sp³-hybridized carbons (Fsp3) is 0.125. The molecule has 0 spiro atoms. The van der Waals surface area contributed by atoms with Crippen LogP contribution in [0, 0.1) is 18.2 Å². The summed E-state index contributed by atoms with van der Waals surface area (Å²) in [6.07, 6.45) is 7.68. The first-order valence-electron chi connectivity index (χ1n) is 6.18. The monoisotopic (exact) mass is 266 g/mol. The van der Waals surface area contributed by atoms with Gasteiger partial charge in [-0.25, -0.2) is 9.37 Å². The number of nitrogens with zero attached hydrogens (tertiary/aromatic N) is 2. The van der Waals surface area contributed by atoms with E-state index in [1.165, 1.54) is 12.1 Å². The molecule has 0 amide bonds. The summed E-state index contributed by atoms with van der Waals surface area (Å²) in [5.74, 6) is 2.62. The summed E-state index contributed by atoms with van der Waals surface area (Å²) in [6, 6.07) is 9.83. The lowest BCUT2D eigenvalue weighted by atomic mass is 10.0. The van der Waals surface area contributed by atoms with E-state index >= 15 is 0 Å². The number of aromatic nitrogens is 2. The standard InChI is InChI=1S/C16H11FN2O/c1-2-11(13-5-3-4-8-18-13)9-16-19-14-10-12(17)6-7-15(14)20-16/h1,3-8,10-11H,9H2. The van der Waals surface area contributed by atoms with Gasteiger partial charge >= 0.3 is 0 Å². The molecule has 4 heteroatoms. The normalized spacial score (nSPS) is 12.2. The third kappa shape index (κ3) is 2.39. The van der Waals surface area contributed by atoms with Gasteiger partial charge in [0.2, 0.25) is 0 Å². The minimum absolute atomic E-state index is 0.214. The van der Waals surface area contributed by atoms with Gasteiger partial charge in [0.05, 0.1) is 11.6 Å². The van der Waals surface area contributed by atoms with Crippen LogP contribution in [0.15, 0.2) is 47.0 Å². The van der Waals surface area contributed by atoms with Crippen LogP contribution in [0.25, 0.3) is 11.1 Å². The predicted molar refractivity (Wildman–Crippen MR) is 73.5 cm³/mol. The maximum atomic E-state index is 13.1. The number of benzene rings is 1. The molecule has 1 atom stereocenters. The summed E-state index contributed by atoms with van der Waals surface area (Å²) < 4.78 is 18.7. The average Bonchev–Trinajstić information content (AvgIpc) is 2.87. The second-order valence-corrected chi connectivity index (χ2v) is 4.40. The molecule has 0 aliphatic carbocycles. The molecule has 2 aromatic heterocycles. The quantitative estimate of drug-likeness (QED) is 0.683. The number of oxazole rings is 1. The lowest BCUT2D eigenvalue weighted by molar-refractivity contribution is 0.517. The Bertz CT molecular complexity index is 774. The molecule has 3 rings (SSSR count). The van der Waals surface area contributed by atoms with Gasteiger partial charge in [-0.2, -0.15) is 0 Å². The van der Waals surface area contributed by atoms with Gasteiger partial charge in [-0.15, -0.1) is 6.42 Å². The smallest absolute Gasteiger partial charge is 0.197 e. The van der Waals surface area contributed by atoms with Gasteiger partial charge in [0.25, 0.3) is 0 Å². The Balaban J connectivity index is 1.90. The number of halogens is 1. The van der Waals surface area contributed by atoms with E-state index in [0.29, 0.717) is 23.4 Å². The van der Waals surface area contributed by atoms with E-state index in [-0.39, 0.29) is 11.7 Å². The molecule has 1 aromatic carbocycles. The Morgan fingerprint density at radius 1 is 1.30 bits per heavy atom. The summed E-state index contributed by atoms with van der Waals surface area (Å²) in [5.41, 5.74) is 1.85. The van der Waals surface area contributed by atoms with Gasteiger partial charge in [0.15, 0.2) is 11.5 Å². The van der Waals surface area contributed by atoms with Crippen molar-refractivity contribution >= 4 is 11.1 Å². The van der Waals surface area contributed by atoms with E-state index in [1.807, 2.05) is 18.2 Å². The molecule has 1 unspecified atom stereocenters. The number of hydrogen-bond acceptors (Lipinski definition) is 3. The zero-order valence-electron chi connectivity index (χ0n) is 10.6. The highest BCUT2D eigenvalue weighted by Crippen LogP contribution is 2.22. The molecule has 0 aliphatic heterocycles. The van der Waals surface area contributed by atoms with Crippen LogP contribution in [-0.2, 0) is 6.42 Å². The first-order chi connectivity index (χ1) is 9.76. The molecule has 0 saturated heterocycles. The second kappa shape index (κ2) is 5.14. The lowest BCUT2D eigenvalue weighted by Crippen LogP contribution is -2.02. The minimum Gasteiger partial charge on any atom is -0.441 e. The second-order valence-electron chi connectivity index (χ2n) is 4.40. The Hall–Kier alpha value is -2.67. The molecular weight excluding hydrogens is 255 g/mol. The molecule has 0 bridgehead atoms. The van der Waals surface area contributed by atoms with Crippen molar-refractivity contribution in [2.75, 3.05) is 0 Å². The summed E-state index contributed by atoms with van der Waals surface area (Å²) >= 11 is 0. The van der Waals surface area contributed by atoms with Crippen molar-refractivity contribution in [3.05, 3.63) is 60.0 Å². The molecule has 2 heterocycles. The van der Waals surface area contributed by atoms with Crippen molar-refractivity contribution in [2.45, 2.75) is 12.3 Å². The number of rotatable bonds is 3. The molecule has 3 aromatic rings. The van der Waals surface area contributed by atoms with Crippen molar-refractivity contribution in [3.63, 3.8) is 0 Å². The molecule has 0 saturated carbocycles. The third-order valence-corrected chi connectivity index (χ3v) is 3.02. The van der Waals surface area contributed by atoms with Gasteiger partial charge in [-0.05, 0) is 24.3 Å². The first-order valence-corrected chi connectivity index (χ1v) is 6.18. The van der Waals surface area contributed by atoms with Gasteiger partial charge in [0.1, 0.15) is 11.3 Å². The largest absolute Gasteiger partial charge is 0.441 e. The lowest BCUT2D eigenvalue weighted by Gasteiger charge is -2.06. The minimum atomic E-state index is -0.337. The van der Waals surface area contributed by atoms with Crippen molar-refractivity contribution in [2.24, 2.45) is 0 Å². The molecule has 0 aliphatic rings. The Morgan fingerprint density at radius 3 is 2.95 bits per heavy atom. The molecule has 3 nitrogen and oxygen atoms in total. The summed E-state index contributed by atoms with van der Waals surface area (Å²) in [7, 11) is 0. The van der Waals surface area contributed by atoms with E-state index in [2.05, 4.69) is 15.9 Å². The van der Waals surface area contributed by atoms with E-state index in [9.17, 15) is 4.39 Å². The number of terminal acetylenes is 1. The van der Waals surface area contributed by atoms with Crippen LogP contribution < -0.4 is 0 Å². The predicted octanol–water partition coefficient (Wildman–Crippen LogP) is 3.32. The molecule has 0 N–H and O–H groups in total. The molecule has 0 fully saturated rings. The molecule has 0 radical (unpaired) electrons. The van der Waals surface area contributed by atoms with E-state index in [0.717, 1.165) is 5.69 Å². The number of hydrogen-bond donors (Lipinski definition) is 0. The fourth-order valence-corrected chi connectivity index (χ4v) is 2.04. The average molecular weight is 266 g/mol. The Kier molecular flexibility index (Phi) is 3.18. The van der Waals surface area contributed by atoms with Crippen LogP contribution in [-0.4, -0.2) is 9.97 Å². The zero-order chi connectivity index (χ0) is 13.9. The highest BCUT2D eigenvalue weighted by Gasteiger charge is 2.15. The van der Waals surface area contributed by atoms with Gasteiger partial charge in [-0.1, -0.05) is 12.0 Å². The SMILES string of the molecule is C#CC(Cc1nc2cc(F)ccc2o1)c1ccccn1. The highest BCUT2D eigenvalue weighted by atomic mass is 19.1. The molecular formula is C16H11FN2O. The van der Waals surface area contributed by atoms with Crippen LogP contribution in [0.2, 0.25) is 0 Å². The molecule has 98 valence electrons. The van der Waals surface area contributed by atoms with Crippen molar-refractivity contribution in [3.8, 4) is 12.3 Å². The topological polar surface area (TPSA) is 38.9 Å². The van der Waals surface area contributed by atoms with Gasteiger partial charge in [0, 0.05) is 18.7 Å². The Labute approximate surface area is 115 Å². The Morgan fingerprint density at radius 2 is 2.20 bits per heavy atom. The summed E-state index contributed by atoms with van der Waals surface area (Å²) in [5, 5.41) is 0. The van der Waals surface area contributed by atoms with Crippen LogP contribution in [0.4, 0.5) is 4.39 Å². The van der Waals surface area contributed by atoms with Crippen LogP contribution in [0.3, 0.4) is 0 Å². The van der Waals surface area contributed by atoms with Gasteiger partial charge < -0.3 is 4.42 Å². The van der Waals surface area contributed by atoms with E-state index in [4.69, 9.17) is 10.8 Å². The van der Waals surface area contributed by atoms with E-state index < -0.39 is 0 Å². The summed E-state index contributed by atoms with van der Waals surface area (Å²) in [6.45, 7) is 0. The van der Waals surface area contributed by atoms with Gasteiger partial charge in [-0.3, -0.25) is 4.98 Å². The van der Waals surface area contributed by atoms with Crippen molar-refractivity contribution in [1.82, 2.24) is 9.97 Å². The van der Waals surface area contributed by atoms with Crippen molar-refractivity contribution < 1.29 is 8.81 Å². The third-order valence-electron chi connectivity index (χ3n) is 3.02. The maximum Gasteiger partial charge on any atom is 0.197 e. The zero-order valence-corrected chi connectivity index (χ0v) is 10.6. The summed E-state index contributed by atoms with van der Waals surface area (Å²) in [4.78, 5) is 8.50. The van der Waals surface area contributed by atoms with Crippen molar-refractivity contribution in [1.29, 1.82) is 0 Å². The maximum absolute atomic E-state index is 13.1. The first kappa shape index (κ1) is 12.4. The fourth-order valence-electron chi connectivity index (χ4n) is 2.04. The molecule has 20 heavy (non-hydrogen) atoms.